The molecule has 3 heterocycles. The third-order valence-corrected chi connectivity index (χ3v) is 7.45. The van der Waals surface area contributed by atoms with E-state index < -0.39 is 10.0 Å². The molecule has 0 unspecified atom stereocenters. The van der Waals surface area contributed by atoms with Crippen molar-refractivity contribution in [3.05, 3.63) is 18.0 Å². The van der Waals surface area contributed by atoms with Gasteiger partial charge in [-0.05, 0) is 32.2 Å². The van der Waals surface area contributed by atoms with Gasteiger partial charge in [0.25, 0.3) is 0 Å². The summed E-state index contributed by atoms with van der Waals surface area (Å²) in [5, 5.41) is 7.11. The van der Waals surface area contributed by atoms with Crippen LogP contribution in [0, 0.1) is 5.92 Å². The fourth-order valence-electron chi connectivity index (χ4n) is 4.20. The summed E-state index contributed by atoms with van der Waals surface area (Å²) in [6.07, 6.45) is 3.84. The van der Waals surface area contributed by atoms with Crippen molar-refractivity contribution < 1.29 is 12.9 Å². The molecule has 10 heteroatoms. The van der Waals surface area contributed by atoms with Crippen molar-refractivity contribution in [1.29, 1.82) is 0 Å². The van der Waals surface area contributed by atoms with E-state index in [0.29, 0.717) is 43.8 Å². The lowest BCUT2D eigenvalue weighted by molar-refractivity contribution is 0.229. The third-order valence-electron chi connectivity index (χ3n) is 5.64. The van der Waals surface area contributed by atoms with Gasteiger partial charge in [-0.15, -0.1) is 0 Å². The number of likely N-dealkylation sites (tertiary alicyclic amines) is 1. The van der Waals surface area contributed by atoms with Gasteiger partial charge in [-0.1, -0.05) is 19.0 Å². The maximum atomic E-state index is 12.7. The van der Waals surface area contributed by atoms with E-state index in [4.69, 9.17) is 9.52 Å². The van der Waals surface area contributed by atoms with Crippen molar-refractivity contribution in [2.45, 2.75) is 45.4 Å². The normalized spacial score (nSPS) is 22.2. The highest BCUT2D eigenvalue weighted by atomic mass is 32.2. The SMILES string of the molecule is CCNC(=NC[C@H]1CCCN1CC(C)C)N1CCN(S(=O)(=O)Cc2ccon2)CC1. The number of rotatable bonds is 8. The largest absolute Gasteiger partial charge is 0.364 e. The quantitative estimate of drug-likeness (QED) is 0.480. The summed E-state index contributed by atoms with van der Waals surface area (Å²) >= 11 is 0. The van der Waals surface area contributed by atoms with Crippen molar-refractivity contribution in [3.8, 4) is 0 Å². The minimum absolute atomic E-state index is 0.120. The monoisotopic (exact) mass is 440 g/mol. The fraction of sp³-hybridized carbons (Fsp3) is 0.800. The van der Waals surface area contributed by atoms with Gasteiger partial charge in [0, 0.05) is 51.4 Å². The zero-order valence-electron chi connectivity index (χ0n) is 18.5. The third kappa shape index (κ3) is 6.18. The van der Waals surface area contributed by atoms with Crippen molar-refractivity contribution in [2.75, 3.05) is 52.4 Å². The van der Waals surface area contributed by atoms with Crippen LogP contribution in [-0.4, -0.2) is 92.0 Å². The molecule has 3 rings (SSSR count). The summed E-state index contributed by atoms with van der Waals surface area (Å²) in [6, 6.07) is 2.10. The second-order valence-electron chi connectivity index (χ2n) is 8.51. The van der Waals surface area contributed by atoms with E-state index in [1.54, 1.807) is 10.4 Å². The van der Waals surface area contributed by atoms with Gasteiger partial charge in [0.2, 0.25) is 10.0 Å². The lowest BCUT2D eigenvalue weighted by Crippen LogP contribution is -2.54. The Hall–Kier alpha value is -1.65. The zero-order chi connectivity index (χ0) is 21.6. The van der Waals surface area contributed by atoms with E-state index in [2.05, 4.69) is 41.0 Å². The highest BCUT2D eigenvalue weighted by molar-refractivity contribution is 7.88. The lowest BCUT2D eigenvalue weighted by atomic mass is 10.2. The van der Waals surface area contributed by atoms with Gasteiger partial charge in [0.1, 0.15) is 12.0 Å². The van der Waals surface area contributed by atoms with Crippen LogP contribution in [0.2, 0.25) is 0 Å². The van der Waals surface area contributed by atoms with E-state index in [1.165, 1.54) is 19.1 Å². The maximum absolute atomic E-state index is 12.7. The fourth-order valence-corrected chi connectivity index (χ4v) is 5.62. The molecule has 2 aliphatic heterocycles. The van der Waals surface area contributed by atoms with Crippen LogP contribution in [0.25, 0.3) is 0 Å². The van der Waals surface area contributed by atoms with Crippen LogP contribution >= 0.6 is 0 Å². The number of guanidine groups is 1. The van der Waals surface area contributed by atoms with Crippen molar-refractivity contribution in [1.82, 2.24) is 24.6 Å². The summed E-state index contributed by atoms with van der Waals surface area (Å²) in [6.45, 7) is 12.6. The Morgan fingerprint density at radius 3 is 2.70 bits per heavy atom. The first-order valence-corrected chi connectivity index (χ1v) is 12.6. The smallest absolute Gasteiger partial charge is 0.220 e. The van der Waals surface area contributed by atoms with Crippen molar-refractivity contribution >= 4 is 16.0 Å². The van der Waals surface area contributed by atoms with Crippen LogP contribution in [-0.2, 0) is 15.8 Å². The van der Waals surface area contributed by atoms with Crippen LogP contribution in [0.1, 0.15) is 39.3 Å². The lowest BCUT2D eigenvalue weighted by Gasteiger charge is -2.36. The summed E-state index contributed by atoms with van der Waals surface area (Å²) in [5.74, 6) is 1.43. The van der Waals surface area contributed by atoms with Crippen molar-refractivity contribution in [3.63, 3.8) is 0 Å². The average Bonchev–Trinajstić information content (AvgIpc) is 3.36. The number of aromatic nitrogens is 1. The molecular formula is C20H36N6O3S. The standard InChI is InChI=1S/C20H36N6O3S/c1-4-21-20(22-14-19-6-5-8-25(19)15-17(2)3)24-9-11-26(12-10-24)30(27,28)16-18-7-13-29-23-18/h7,13,17,19H,4-6,8-12,14-16H2,1-3H3,(H,21,22)/t19-/m1/s1. The van der Waals surface area contributed by atoms with Crippen LogP contribution in [0.4, 0.5) is 0 Å². The Bertz CT molecular complexity index is 772. The molecule has 0 radical (unpaired) electrons. The highest BCUT2D eigenvalue weighted by Gasteiger charge is 2.30. The number of piperazine rings is 1. The van der Waals surface area contributed by atoms with E-state index >= 15 is 0 Å². The molecular weight excluding hydrogens is 404 g/mol. The first-order chi connectivity index (χ1) is 14.4. The molecule has 170 valence electrons. The molecule has 2 fully saturated rings. The topological polar surface area (TPSA) is 94.3 Å². The Labute approximate surface area is 180 Å². The molecule has 2 saturated heterocycles. The summed E-state index contributed by atoms with van der Waals surface area (Å²) in [7, 11) is -3.39. The average molecular weight is 441 g/mol. The molecule has 0 saturated carbocycles. The maximum Gasteiger partial charge on any atom is 0.220 e. The summed E-state index contributed by atoms with van der Waals surface area (Å²) in [5.41, 5.74) is 0.440. The molecule has 2 aliphatic rings. The Kier molecular flexibility index (Phi) is 8.13. The predicted molar refractivity (Wildman–Crippen MR) is 118 cm³/mol. The van der Waals surface area contributed by atoms with Gasteiger partial charge in [0.05, 0.1) is 12.2 Å². The first kappa shape index (κ1) is 23.0. The number of sulfonamides is 1. The van der Waals surface area contributed by atoms with Crippen LogP contribution < -0.4 is 5.32 Å². The van der Waals surface area contributed by atoms with E-state index in [9.17, 15) is 8.42 Å². The van der Waals surface area contributed by atoms with Crippen LogP contribution in [0.5, 0.6) is 0 Å². The molecule has 1 aromatic heterocycles. The second-order valence-corrected chi connectivity index (χ2v) is 10.5. The summed E-state index contributed by atoms with van der Waals surface area (Å²) in [4.78, 5) is 9.66. The Balaban J connectivity index is 1.56. The van der Waals surface area contributed by atoms with Gasteiger partial charge in [-0.25, -0.2) is 8.42 Å². The van der Waals surface area contributed by atoms with Gasteiger partial charge in [0.15, 0.2) is 5.96 Å². The molecule has 9 nitrogen and oxygen atoms in total. The molecule has 0 bridgehead atoms. The predicted octanol–water partition coefficient (Wildman–Crippen LogP) is 1.21. The van der Waals surface area contributed by atoms with Gasteiger partial charge in [-0.2, -0.15) is 4.31 Å². The number of hydrogen-bond donors (Lipinski definition) is 1. The Morgan fingerprint density at radius 2 is 2.07 bits per heavy atom. The number of aliphatic imine (C=N–C) groups is 1. The molecule has 1 aromatic rings. The van der Waals surface area contributed by atoms with E-state index in [0.717, 1.165) is 32.1 Å². The molecule has 30 heavy (non-hydrogen) atoms. The zero-order valence-corrected chi connectivity index (χ0v) is 19.3. The van der Waals surface area contributed by atoms with Crippen LogP contribution in [0.15, 0.2) is 21.8 Å². The molecule has 0 aliphatic carbocycles. The molecule has 1 N–H and O–H groups in total. The second kappa shape index (κ2) is 10.6. The number of hydrogen-bond acceptors (Lipinski definition) is 6. The van der Waals surface area contributed by atoms with E-state index in [1.807, 2.05) is 0 Å². The molecule has 0 amide bonds. The minimum atomic E-state index is -3.39. The molecule has 0 aromatic carbocycles. The van der Waals surface area contributed by atoms with Gasteiger partial charge in [-0.3, -0.25) is 9.89 Å². The van der Waals surface area contributed by atoms with Gasteiger partial charge < -0.3 is 14.7 Å². The highest BCUT2D eigenvalue weighted by Crippen LogP contribution is 2.19. The van der Waals surface area contributed by atoms with Gasteiger partial charge >= 0.3 is 0 Å². The first-order valence-electron chi connectivity index (χ1n) is 11.0. The molecule has 0 spiro atoms. The van der Waals surface area contributed by atoms with E-state index in [-0.39, 0.29) is 5.75 Å². The summed E-state index contributed by atoms with van der Waals surface area (Å²) < 4.78 is 31.6. The Morgan fingerprint density at radius 1 is 1.30 bits per heavy atom. The number of nitrogens with one attached hydrogen (secondary N) is 1. The number of nitrogens with zero attached hydrogens (tertiary/aromatic N) is 5. The minimum Gasteiger partial charge on any atom is -0.364 e. The molecule has 1 atom stereocenters. The van der Waals surface area contributed by atoms with Crippen molar-refractivity contribution in [2.24, 2.45) is 10.9 Å². The van der Waals surface area contributed by atoms with Crippen LogP contribution in [0.3, 0.4) is 0 Å².